The minimum Gasteiger partial charge on any atom is -0.466 e. The van der Waals surface area contributed by atoms with E-state index in [1.165, 1.54) is 0 Å². The number of anilines is 1. The summed E-state index contributed by atoms with van der Waals surface area (Å²) in [6.07, 6.45) is 0.426. The minimum atomic E-state index is -0.256. The van der Waals surface area contributed by atoms with E-state index in [4.69, 9.17) is 16.0 Å². The molecular formula is C16H16ClNO2. The van der Waals surface area contributed by atoms with Gasteiger partial charge in [0.25, 0.3) is 0 Å². The maximum absolute atomic E-state index is 11.4. The zero-order valence-corrected chi connectivity index (χ0v) is 12.5. The summed E-state index contributed by atoms with van der Waals surface area (Å²) in [4.78, 5) is 11.4. The molecule has 0 fully saturated rings. The molecule has 3 rings (SSSR count). The molecule has 1 amide bonds. The Morgan fingerprint density at radius 1 is 1.25 bits per heavy atom. The van der Waals surface area contributed by atoms with Crippen LogP contribution in [0.1, 0.15) is 39.2 Å². The van der Waals surface area contributed by atoms with Crippen molar-refractivity contribution < 1.29 is 9.21 Å². The quantitative estimate of drug-likeness (QED) is 0.848. The van der Waals surface area contributed by atoms with Gasteiger partial charge in [0.2, 0.25) is 5.91 Å². The number of furan rings is 1. The number of halogens is 1. The first-order valence-corrected chi connectivity index (χ1v) is 7.04. The number of fused-ring (bicyclic) bond motifs is 1. The van der Waals surface area contributed by atoms with Crippen molar-refractivity contribution in [2.24, 2.45) is 0 Å². The summed E-state index contributed by atoms with van der Waals surface area (Å²) < 4.78 is 5.65. The van der Waals surface area contributed by atoms with Gasteiger partial charge in [-0.25, -0.2) is 0 Å². The van der Waals surface area contributed by atoms with Crippen LogP contribution in [0.25, 0.3) is 0 Å². The van der Waals surface area contributed by atoms with Crippen molar-refractivity contribution >= 4 is 23.2 Å². The van der Waals surface area contributed by atoms with Gasteiger partial charge in [-0.1, -0.05) is 12.1 Å². The lowest BCUT2D eigenvalue weighted by Crippen LogP contribution is -2.03. The van der Waals surface area contributed by atoms with Gasteiger partial charge in [-0.05, 0) is 43.5 Å². The fourth-order valence-corrected chi connectivity index (χ4v) is 3.21. The van der Waals surface area contributed by atoms with Crippen molar-refractivity contribution in [1.29, 1.82) is 0 Å². The fraction of sp³-hybridized carbons (Fsp3) is 0.312. The summed E-state index contributed by atoms with van der Waals surface area (Å²) in [6, 6.07) is 5.89. The Bertz CT molecular complexity index is 703. The third-order valence-electron chi connectivity index (χ3n) is 3.92. The molecule has 1 unspecified atom stereocenters. The summed E-state index contributed by atoms with van der Waals surface area (Å²) in [7, 11) is 0. The molecule has 4 heteroatoms. The van der Waals surface area contributed by atoms with E-state index in [1.807, 2.05) is 39.0 Å². The van der Waals surface area contributed by atoms with E-state index in [1.54, 1.807) is 0 Å². The van der Waals surface area contributed by atoms with Crippen LogP contribution in [0.3, 0.4) is 0 Å². The van der Waals surface area contributed by atoms with Crippen LogP contribution < -0.4 is 5.32 Å². The Morgan fingerprint density at radius 3 is 2.65 bits per heavy atom. The van der Waals surface area contributed by atoms with Gasteiger partial charge in [0.05, 0.1) is 11.8 Å². The molecule has 0 spiro atoms. The first-order valence-electron chi connectivity index (χ1n) is 6.60. The smallest absolute Gasteiger partial charge is 0.228 e. The molecule has 0 saturated heterocycles. The number of carbonyl (C=O) groups excluding carboxylic acids is 1. The maximum atomic E-state index is 11.4. The van der Waals surface area contributed by atoms with Gasteiger partial charge in [-0.3, -0.25) is 4.79 Å². The molecule has 0 aliphatic carbocycles. The monoisotopic (exact) mass is 289 g/mol. The molecule has 104 valence electrons. The van der Waals surface area contributed by atoms with Crippen LogP contribution in [0, 0.1) is 20.8 Å². The van der Waals surface area contributed by atoms with E-state index in [9.17, 15) is 4.79 Å². The first-order chi connectivity index (χ1) is 9.47. The standard InChI is InChI=1S/C16H16ClNO2/c1-8-9(2)20-10(3)15(8)16(17)11-4-5-13-12(6-11)7-14(19)18-13/h4-6,16H,7H2,1-3H3,(H,18,19). The van der Waals surface area contributed by atoms with Crippen LogP contribution in [0.4, 0.5) is 5.69 Å². The average Bonchev–Trinajstić information content (AvgIpc) is 2.87. The first kappa shape index (κ1) is 13.3. The Morgan fingerprint density at radius 2 is 2.00 bits per heavy atom. The number of carbonyl (C=O) groups is 1. The van der Waals surface area contributed by atoms with E-state index >= 15 is 0 Å². The van der Waals surface area contributed by atoms with Gasteiger partial charge in [0, 0.05) is 11.3 Å². The summed E-state index contributed by atoms with van der Waals surface area (Å²) in [6.45, 7) is 5.90. The Labute approximate surface area is 122 Å². The second-order valence-corrected chi connectivity index (χ2v) is 5.69. The SMILES string of the molecule is Cc1oc(C)c(C(Cl)c2ccc3c(c2)CC(=O)N3)c1C. The van der Waals surface area contributed by atoms with Crippen molar-refractivity contribution in [3.8, 4) is 0 Å². The lowest BCUT2D eigenvalue weighted by Gasteiger charge is -2.12. The van der Waals surface area contributed by atoms with Crippen molar-refractivity contribution in [3.63, 3.8) is 0 Å². The molecule has 0 saturated carbocycles. The van der Waals surface area contributed by atoms with E-state index in [0.29, 0.717) is 6.42 Å². The highest BCUT2D eigenvalue weighted by Gasteiger charge is 2.23. The van der Waals surface area contributed by atoms with Gasteiger partial charge >= 0.3 is 0 Å². The molecule has 1 aliphatic rings. The molecule has 0 radical (unpaired) electrons. The van der Waals surface area contributed by atoms with Gasteiger partial charge in [-0.15, -0.1) is 11.6 Å². The highest BCUT2D eigenvalue weighted by atomic mass is 35.5. The largest absolute Gasteiger partial charge is 0.466 e. The lowest BCUT2D eigenvalue weighted by atomic mass is 9.98. The summed E-state index contributed by atoms with van der Waals surface area (Å²) >= 11 is 6.63. The van der Waals surface area contributed by atoms with E-state index in [2.05, 4.69) is 5.32 Å². The number of benzene rings is 1. The molecule has 1 N–H and O–H groups in total. The molecule has 1 aliphatic heterocycles. The number of aryl methyl sites for hydroxylation is 2. The van der Waals surface area contributed by atoms with Crippen LogP contribution in [-0.2, 0) is 11.2 Å². The molecule has 3 nitrogen and oxygen atoms in total. The normalized spacial score (nSPS) is 15.1. The molecule has 2 aromatic rings. The van der Waals surface area contributed by atoms with Crippen LogP contribution in [-0.4, -0.2) is 5.91 Å². The zero-order valence-electron chi connectivity index (χ0n) is 11.7. The number of hydrogen-bond acceptors (Lipinski definition) is 2. The van der Waals surface area contributed by atoms with Crippen molar-refractivity contribution in [1.82, 2.24) is 0 Å². The molecule has 20 heavy (non-hydrogen) atoms. The fourth-order valence-electron chi connectivity index (χ4n) is 2.76. The van der Waals surface area contributed by atoms with Crippen LogP contribution >= 0.6 is 11.6 Å². The van der Waals surface area contributed by atoms with Gasteiger partial charge in [-0.2, -0.15) is 0 Å². The maximum Gasteiger partial charge on any atom is 0.228 e. The zero-order chi connectivity index (χ0) is 14.4. The lowest BCUT2D eigenvalue weighted by molar-refractivity contribution is -0.115. The molecule has 1 aromatic carbocycles. The van der Waals surface area contributed by atoms with Gasteiger partial charge < -0.3 is 9.73 Å². The van der Waals surface area contributed by atoms with E-state index < -0.39 is 0 Å². The predicted molar refractivity (Wildman–Crippen MR) is 79.4 cm³/mol. The number of alkyl halides is 1. The number of amides is 1. The number of nitrogens with one attached hydrogen (secondary N) is 1. The van der Waals surface area contributed by atoms with Crippen molar-refractivity contribution in [2.45, 2.75) is 32.6 Å². The van der Waals surface area contributed by atoms with Crippen LogP contribution in [0.2, 0.25) is 0 Å². The number of rotatable bonds is 2. The molecule has 0 bridgehead atoms. The topological polar surface area (TPSA) is 42.2 Å². The third-order valence-corrected chi connectivity index (χ3v) is 4.39. The molecule has 2 heterocycles. The van der Waals surface area contributed by atoms with E-state index in [-0.39, 0.29) is 11.3 Å². The summed E-state index contributed by atoms with van der Waals surface area (Å²) in [5.74, 6) is 1.80. The summed E-state index contributed by atoms with van der Waals surface area (Å²) in [5, 5.41) is 2.57. The molecule has 1 aromatic heterocycles. The van der Waals surface area contributed by atoms with Gasteiger partial charge in [0.15, 0.2) is 0 Å². The van der Waals surface area contributed by atoms with Crippen molar-refractivity contribution in [2.75, 3.05) is 5.32 Å². The van der Waals surface area contributed by atoms with Gasteiger partial charge in [0.1, 0.15) is 11.5 Å². The summed E-state index contributed by atoms with van der Waals surface area (Å²) in [5.41, 5.74) is 5.01. The van der Waals surface area contributed by atoms with Crippen LogP contribution in [0.5, 0.6) is 0 Å². The second-order valence-electron chi connectivity index (χ2n) is 5.26. The number of hydrogen-bond donors (Lipinski definition) is 1. The Balaban J connectivity index is 2.01. The Hall–Kier alpha value is -1.74. The molecule has 1 atom stereocenters. The van der Waals surface area contributed by atoms with Crippen LogP contribution in [0.15, 0.2) is 22.6 Å². The predicted octanol–water partition coefficient (Wildman–Crippen LogP) is 4.03. The highest BCUT2D eigenvalue weighted by Crippen LogP contribution is 2.37. The van der Waals surface area contributed by atoms with Crippen molar-refractivity contribution in [3.05, 3.63) is 52.0 Å². The second kappa shape index (κ2) is 4.67. The molecular weight excluding hydrogens is 274 g/mol. The highest BCUT2D eigenvalue weighted by molar-refractivity contribution is 6.22. The average molecular weight is 290 g/mol. The van der Waals surface area contributed by atoms with E-state index in [0.717, 1.165) is 39.5 Å². The Kier molecular flexibility index (Phi) is 3.09. The third kappa shape index (κ3) is 2.02. The minimum absolute atomic E-state index is 0.0368.